The van der Waals surface area contributed by atoms with Crippen molar-refractivity contribution >= 4 is 11.9 Å². The minimum atomic E-state index is -0.770. The topological polar surface area (TPSA) is 78.4 Å². The Bertz CT molecular complexity index is 865. The zero-order valence-corrected chi connectivity index (χ0v) is 15.9. The van der Waals surface area contributed by atoms with Crippen molar-refractivity contribution in [1.29, 1.82) is 0 Å². The summed E-state index contributed by atoms with van der Waals surface area (Å²) < 4.78 is 14.1. The number of halogens is 1. The molecule has 1 aromatic heterocycles. The fourth-order valence-electron chi connectivity index (χ4n) is 3.77. The summed E-state index contributed by atoms with van der Waals surface area (Å²) in [7, 11) is 0. The largest absolute Gasteiger partial charge is 0.480 e. The molecule has 28 heavy (non-hydrogen) atoms. The van der Waals surface area contributed by atoms with Gasteiger partial charge < -0.3 is 10.4 Å². The number of carboxylic acid groups (broad SMARTS) is 1. The van der Waals surface area contributed by atoms with Gasteiger partial charge in [-0.3, -0.25) is 9.69 Å². The predicted molar refractivity (Wildman–Crippen MR) is 105 cm³/mol. The van der Waals surface area contributed by atoms with Crippen molar-refractivity contribution in [2.45, 2.75) is 44.7 Å². The highest BCUT2D eigenvalue weighted by Crippen LogP contribution is 2.34. The van der Waals surface area contributed by atoms with E-state index in [0.717, 1.165) is 24.9 Å². The molecule has 0 aliphatic heterocycles. The number of nitrogens with one attached hydrogen (secondary N) is 1. The molecular weight excluding hydrogens is 359 g/mol. The molecule has 0 atom stereocenters. The molecule has 0 bridgehead atoms. The van der Waals surface area contributed by atoms with Crippen molar-refractivity contribution in [2.24, 2.45) is 5.92 Å². The van der Waals surface area contributed by atoms with Gasteiger partial charge in [-0.2, -0.15) is 0 Å². The number of nitrogens with zero attached hydrogens (tertiary/aromatic N) is 3. The molecule has 148 valence electrons. The Morgan fingerprint density at radius 2 is 2.07 bits per heavy atom. The van der Waals surface area contributed by atoms with Gasteiger partial charge in [0.2, 0.25) is 5.95 Å². The molecule has 2 aromatic rings. The van der Waals surface area contributed by atoms with E-state index in [2.05, 4.69) is 20.2 Å². The molecule has 0 amide bonds. The van der Waals surface area contributed by atoms with Crippen molar-refractivity contribution in [1.82, 2.24) is 14.9 Å². The van der Waals surface area contributed by atoms with Crippen molar-refractivity contribution < 1.29 is 14.3 Å². The second-order valence-corrected chi connectivity index (χ2v) is 7.94. The second-order valence-electron chi connectivity index (χ2n) is 7.94. The van der Waals surface area contributed by atoms with Gasteiger partial charge in [-0.05, 0) is 56.2 Å². The van der Waals surface area contributed by atoms with Gasteiger partial charge in [0, 0.05) is 30.4 Å². The monoisotopic (exact) mass is 384 g/mol. The number of hydrogen-bond acceptors (Lipinski definition) is 5. The lowest BCUT2D eigenvalue weighted by Gasteiger charge is -2.42. The number of anilines is 1. The zero-order valence-electron chi connectivity index (χ0n) is 15.9. The van der Waals surface area contributed by atoms with E-state index in [-0.39, 0.29) is 24.4 Å². The molecule has 0 spiro atoms. The molecule has 0 radical (unpaired) electrons. The lowest BCUT2D eigenvalue weighted by Crippen LogP contribution is -2.52. The van der Waals surface area contributed by atoms with Crippen LogP contribution in [0.25, 0.3) is 11.3 Å². The molecule has 4 rings (SSSR count). The third-order valence-corrected chi connectivity index (χ3v) is 5.59. The number of aromatic nitrogens is 2. The molecule has 0 saturated heterocycles. The van der Waals surface area contributed by atoms with Crippen LogP contribution in [-0.2, 0) is 4.79 Å². The van der Waals surface area contributed by atoms with E-state index in [1.165, 1.54) is 18.9 Å². The van der Waals surface area contributed by atoms with E-state index >= 15 is 0 Å². The summed E-state index contributed by atoms with van der Waals surface area (Å²) in [5.74, 6) is 0.0752. The molecule has 1 heterocycles. The number of carboxylic acids is 1. The van der Waals surface area contributed by atoms with Gasteiger partial charge >= 0.3 is 5.97 Å². The normalized spacial score (nSPS) is 21.4. The highest BCUT2D eigenvalue weighted by Gasteiger charge is 2.37. The van der Waals surface area contributed by atoms with E-state index in [9.17, 15) is 9.18 Å². The quantitative estimate of drug-likeness (QED) is 0.727. The SMILES string of the molecule is Cc1cnc(NC2CC(N(CC(=O)O)CC3CC3)C2)nc1-c1ccccc1F. The highest BCUT2D eigenvalue weighted by atomic mass is 19.1. The first-order valence-electron chi connectivity index (χ1n) is 9.80. The number of rotatable bonds is 8. The Morgan fingerprint density at radius 1 is 1.32 bits per heavy atom. The first kappa shape index (κ1) is 18.8. The lowest BCUT2D eigenvalue weighted by molar-refractivity contribution is -0.139. The smallest absolute Gasteiger partial charge is 0.317 e. The summed E-state index contributed by atoms with van der Waals surface area (Å²) in [5.41, 5.74) is 1.88. The molecule has 7 heteroatoms. The fourth-order valence-corrected chi connectivity index (χ4v) is 3.77. The van der Waals surface area contributed by atoms with Gasteiger partial charge in [-0.1, -0.05) is 12.1 Å². The van der Waals surface area contributed by atoms with Crippen LogP contribution in [0.5, 0.6) is 0 Å². The Labute approximate surface area is 163 Å². The van der Waals surface area contributed by atoms with Crippen LogP contribution in [0.3, 0.4) is 0 Å². The minimum absolute atomic E-state index is 0.104. The maximum absolute atomic E-state index is 14.1. The fraction of sp³-hybridized carbons (Fsp3) is 0.476. The molecule has 2 N–H and O–H groups in total. The number of hydrogen-bond donors (Lipinski definition) is 2. The molecule has 2 aliphatic rings. The number of carbonyl (C=O) groups is 1. The van der Waals surface area contributed by atoms with Crippen LogP contribution >= 0.6 is 0 Å². The molecule has 2 aliphatic carbocycles. The van der Waals surface area contributed by atoms with Crippen LogP contribution in [0.4, 0.5) is 10.3 Å². The standard InChI is InChI=1S/C21H25FN4O2/c1-13-10-23-21(25-20(13)17-4-2-3-5-18(17)22)24-15-8-16(9-15)26(12-19(27)28)11-14-6-7-14/h2-5,10,14-16H,6-9,11-12H2,1H3,(H,27,28)(H,23,24,25). The summed E-state index contributed by atoms with van der Waals surface area (Å²) >= 11 is 0. The maximum Gasteiger partial charge on any atom is 0.317 e. The lowest BCUT2D eigenvalue weighted by atomic mass is 9.85. The summed E-state index contributed by atoms with van der Waals surface area (Å²) in [6.45, 7) is 2.85. The first-order valence-corrected chi connectivity index (χ1v) is 9.80. The summed E-state index contributed by atoms with van der Waals surface area (Å²) in [4.78, 5) is 22.1. The van der Waals surface area contributed by atoms with E-state index in [1.54, 1.807) is 24.4 Å². The van der Waals surface area contributed by atoms with Gasteiger partial charge in [0.1, 0.15) is 5.82 Å². The molecule has 2 fully saturated rings. The van der Waals surface area contributed by atoms with Crippen molar-refractivity contribution in [3.05, 3.63) is 41.8 Å². The molecule has 6 nitrogen and oxygen atoms in total. The minimum Gasteiger partial charge on any atom is -0.480 e. The average molecular weight is 384 g/mol. The summed E-state index contributed by atoms with van der Waals surface area (Å²) in [6, 6.07) is 7.09. The highest BCUT2D eigenvalue weighted by molar-refractivity contribution is 5.69. The van der Waals surface area contributed by atoms with E-state index < -0.39 is 5.97 Å². The van der Waals surface area contributed by atoms with E-state index in [4.69, 9.17) is 5.11 Å². The molecule has 0 unspecified atom stereocenters. The Kier molecular flexibility index (Phi) is 5.26. The van der Waals surface area contributed by atoms with Gasteiger partial charge in [0.05, 0.1) is 12.2 Å². The van der Waals surface area contributed by atoms with Crippen LogP contribution in [0.2, 0.25) is 0 Å². The van der Waals surface area contributed by atoms with Crippen molar-refractivity contribution in [3.8, 4) is 11.3 Å². The second kappa shape index (κ2) is 7.83. The summed E-state index contributed by atoms with van der Waals surface area (Å²) in [5, 5.41) is 12.5. The molecule has 1 aromatic carbocycles. The first-order chi connectivity index (χ1) is 13.5. The average Bonchev–Trinajstić information content (AvgIpc) is 3.43. The van der Waals surface area contributed by atoms with Crippen LogP contribution in [0.15, 0.2) is 30.5 Å². The van der Waals surface area contributed by atoms with Gasteiger partial charge in [-0.25, -0.2) is 14.4 Å². The van der Waals surface area contributed by atoms with Crippen LogP contribution in [0.1, 0.15) is 31.2 Å². The van der Waals surface area contributed by atoms with Crippen molar-refractivity contribution in [3.63, 3.8) is 0 Å². The maximum atomic E-state index is 14.1. The Balaban J connectivity index is 1.40. The van der Waals surface area contributed by atoms with Crippen molar-refractivity contribution in [2.75, 3.05) is 18.4 Å². The van der Waals surface area contributed by atoms with Gasteiger partial charge in [0.25, 0.3) is 0 Å². The predicted octanol–water partition coefficient (Wildman–Crippen LogP) is 3.33. The third kappa shape index (κ3) is 4.30. The zero-order chi connectivity index (χ0) is 19.7. The van der Waals surface area contributed by atoms with Crippen LogP contribution in [0, 0.1) is 18.7 Å². The molecular formula is C21H25FN4O2. The Morgan fingerprint density at radius 3 is 2.75 bits per heavy atom. The number of aryl methyl sites for hydroxylation is 1. The van der Waals surface area contributed by atoms with Crippen LogP contribution < -0.4 is 5.32 Å². The van der Waals surface area contributed by atoms with E-state index in [1.807, 2.05) is 6.92 Å². The molecule has 2 saturated carbocycles. The Hall–Kier alpha value is -2.54. The third-order valence-electron chi connectivity index (χ3n) is 5.59. The van der Waals surface area contributed by atoms with Gasteiger partial charge in [0.15, 0.2) is 0 Å². The van der Waals surface area contributed by atoms with Crippen LogP contribution in [-0.4, -0.2) is 51.1 Å². The summed E-state index contributed by atoms with van der Waals surface area (Å²) in [6.07, 6.45) is 5.86. The number of aliphatic carboxylic acids is 1. The van der Waals surface area contributed by atoms with E-state index in [0.29, 0.717) is 23.1 Å². The van der Waals surface area contributed by atoms with Gasteiger partial charge in [-0.15, -0.1) is 0 Å². The number of benzene rings is 1.